The van der Waals surface area contributed by atoms with E-state index in [4.69, 9.17) is 4.74 Å². The van der Waals surface area contributed by atoms with Crippen molar-refractivity contribution in [1.82, 2.24) is 9.80 Å². The Morgan fingerprint density at radius 3 is 2.80 bits per heavy atom. The van der Waals surface area contributed by atoms with Gasteiger partial charge in [-0.2, -0.15) is 0 Å². The van der Waals surface area contributed by atoms with Crippen molar-refractivity contribution in [3.8, 4) is 0 Å². The number of nitrogens with zero attached hydrogens (tertiary/aromatic N) is 2. The summed E-state index contributed by atoms with van der Waals surface area (Å²) in [7, 11) is 2.13. The van der Waals surface area contributed by atoms with Crippen molar-refractivity contribution in [2.75, 3.05) is 33.3 Å². The van der Waals surface area contributed by atoms with Crippen LogP contribution in [0.4, 0.5) is 4.79 Å². The molecule has 1 fully saturated rings. The smallest absolute Gasteiger partial charge is 0.410 e. The van der Waals surface area contributed by atoms with Crippen molar-refractivity contribution in [3.05, 3.63) is 23.8 Å². The van der Waals surface area contributed by atoms with Crippen LogP contribution >= 0.6 is 0 Å². The van der Waals surface area contributed by atoms with Gasteiger partial charge in [0.25, 0.3) is 0 Å². The second-order valence-corrected chi connectivity index (χ2v) is 5.67. The number of hydrogen-bond donors (Lipinski definition) is 0. The van der Waals surface area contributed by atoms with Crippen molar-refractivity contribution in [2.24, 2.45) is 0 Å². The molecule has 1 saturated heterocycles. The van der Waals surface area contributed by atoms with Crippen LogP contribution in [-0.4, -0.2) is 55.2 Å². The standard InChI is InChI=1S/C16H26N2O2/c1-3-18(15-9-11-17(2)12-10-15)16(19)20-13-14-7-5-4-6-8-14/h4-5,7,15H,3,6,8-13H2,1-2H3. The Morgan fingerprint density at radius 2 is 2.20 bits per heavy atom. The Morgan fingerprint density at radius 1 is 1.45 bits per heavy atom. The third kappa shape index (κ3) is 4.10. The van der Waals surface area contributed by atoms with Crippen LogP contribution in [0.3, 0.4) is 0 Å². The predicted octanol–water partition coefficient (Wildman–Crippen LogP) is 2.82. The van der Waals surface area contributed by atoms with Crippen LogP contribution in [0.15, 0.2) is 23.8 Å². The number of likely N-dealkylation sites (tertiary alicyclic amines) is 1. The molecular formula is C16H26N2O2. The molecule has 1 heterocycles. The molecule has 1 aliphatic heterocycles. The molecule has 112 valence electrons. The molecule has 2 rings (SSSR count). The Hall–Kier alpha value is -1.29. The molecule has 0 aromatic heterocycles. The molecular weight excluding hydrogens is 252 g/mol. The largest absolute Gasteiger partial charge is 0.445 e. The summed E-state index contributed by atoms with van der Waals surface area (Å²) < 4.78 is 5.49. The molecule has 1 aliphatic carbocycles. The van der Waals surface area contributed by atoms with Crippen LogP contribution < -0.4 is 0 Å². The third-order valence-corrected chi connectivity index (χ3v) is 4.19. The second-order valence-electron chi connectivity index (χ2n) is 5.67. The zero-order valence-corrected chi connectivity index (χ0v) is 12.7. The fourth-order valence-corrected chi connectivity index (χ4v) is 2.85. The van der Waals surface area contributed by atoms with Gasteiger partial charge >= 0.3 is 6.09 Å². The van der Waals surface area contributed by atoms with E-state index in [2.05, 4.69) is 24.1 Å². The number of carbonyl (C=O) groups is 1. The summed E-state index contributed by atoms with van der Waals surface area (Å²) in [5.41, 5.74) is 1.21. The molecule has 2 aliphatic rings. The van der Waals surface area contributed by atoms with Crippen molar-refractivity contribution >= 4 is 6.09 Å². The number of hydrogen-bond acceptors (Lipinski definition) is 3. The lowest BCUT2D eigenvalue weighted by atomic mass is 10.0. The Bertz CT molecular complexity index is 382. The number of amides is 1. The van der Waals surface area contributed by atoms with Crippen LogP contribution in [-0.2, 0) is 4.74 Å². The van der Waals surface area contributed by atoms with Crippen LogP contribution in [0, 0.1) is 0 Å². The number of ether oxygens (including phenoxy) is 1. The number of carbonyl (C=O) groups excluding carboxylic acids is 1. The summed E-state index contributed by atoms with van der Waals surface area (Å²) in [6.07, 6.45) is 10.2. The van der Waals surface area contributed by atoms with Crippen molar-refractivity contribution < 1.29 is 9.53 Å². The zero-order chi connectivity index (χ0) is 14.4. The topological polar surface area (TPSA) is 32.8 Å². The number of rotatable bonds is 4. The first-order valence-corrected chi connectivity index (χ1v) is 7.67. The van der Waals surface area contributed by atoms with Crippen LogP contribution in [0.1, 0.15) is 32.6 Å². The lowest BCUT2D eigenvalue weighted by Gasteiger charge is -2.36. The van der Waals surface area contributed by atoms with Crippen LogP contribution in [0.25, 0.3) is 0 Å². The van der Waals surface area contributed by atoms with Gasteiger partial charge in [-0.3, -0.25) is 0 Å². The SMILES string of the molecule is CCN(C(=O)OCC1=CC=CCC1)C1CCN(C)CC1. The maximum Gasteiger partial charge on any atom is 0.410 e. The molecule has 1 amide bonds. The van der Waals surface area contributed by atoms with Crippen molar-refractivity contribution in [3.63, 3.8) is 0 Å². The lowest BCUT2D eigenvalue weighted by Crippen LogP contribution is -2.46. The van der Waals surface area contributed by atoms with E-state index in [0.717, 1.165) is 45.3 Å². The molecule has 0 saturated carbocycles. The molecule has 0 atom stereocenters. The molecule has 0 aromatic carbocycles. The van der Waals surface area contributed by atoms with Gasteiger partial charge in [-0.1, -0.05) is 18.2 Å². The van der Waals surface area contributed by atoms with Crippen LogP contribution in [0.5, 0.6) is 0 Å². The minimum atomic E-state index is -0.155. The summed E-state index contributed by atoms with van der Waals surface area (Å²) in [6, 6.07) is 0.337. The van der Waals surface area contributed by atoms with E-state index in [-0.39, 0.29) is 6.09 Å². The average molecular weight is 278 g/mol. The summed E-state index contributed by atoms with van der Waals surface area (Å²) in [5, 5.41) is 0. The molecule has 0 bridgehead atoms. The molecule has 20 heavy (non-hydrogen) atoms. The molecule has 0 N–H and O–H groups in total. The normalized spacial score (nSPS) is 20.6. The summed E-state index contributed by atoms with van der Waals surface area (Å²) >= 11 is 0. The fourth-order valence-electron chi connectivity index (χ4n) is 2.85. The highest BCUT2D eigenvalue weighted by molar-refractivity contribution is 5.68. The van der Waals surface area contributed by atoms with Gasteiger partial charge in [0.1, 0.15) is 6.61 Å². The summed E-state index contributed by atoms with van der Waals surface area (Å²) in [6.45, 7) is 5.31. The Balaban J connectivity index is 1.82. The first-order valence-electron chi connectivity index (χ1n) is 7.67. The molecule has 0 spiro atoms. The Kier molecular flexibility index (Phi) is 5.65. The summed E-state index contributed by atoms with van der Waals surface area (Å²) in [4.78, 5) is 16.5. The van der Waals surface area contributed by atoms with E-state index in [9.17, 15) is 4.79 Å². The highest BCUT2D eigenvalue weighted by Crippen LogP contribution is 2.17. The highest BCUT2D eigenvalue weighted by Gasteiger charge is 2.26. The molecule has 0 unspecified atom stereocenters. The minimum Gasteiger partial charge on any atom is -0.445 e. The van der Waals surface area contributed by atoms with E-state index >= 15 is 0 Å². The van der Waals surface area contributed by atoms with Gasteiger partial charge in [-0.15, -0.1) is 0 Å². The van der Waals surface area contributed by atoms with Gasteiger partial charge in [0, 0.05) is 12.6 Å². The fraction of sp³-hybridized carbons (Fsp3) is 0.688. The van der Waals surface area contributed by atoms with E-state index in [0.29, 0.717) is 12.6 Å². The average Bonchev–Trinajstić information content (AvgIpc) is 2.49. The molecule has 0 aromatic rings. The van der Waals surface area contributed by atoms with Gasteiger partial charge in [0.05, 0.1) is 0 Å². The monoisotopic (exact) mass is 278 g/mol. The first-order chi connectivity index (χ1) is 9.70. The first kappa shape index (κ1) is 15.1. The predicted molar refractivity (Wildman–Crippen MR) is 80.7 cm³/mol. The quantitative estimate of drug-likeness (QED) is 0.792. The van der Waals surface area contributed by atoms with Crippen molar-refractivity contribution in [2.45, 2.75) is 38.6 Å². The van der Waals surface area contributed by atoms with Gasteiger partial charge in [-0.25, -0.2) is 4.79 Å². The van der Waals surface area contributed by atoms with Crippen molar-refractivity contribution in [1.29, 1.82) is 0 Å². The maximum atomic E-state index is 12.2. The molecule has 4 heteroatoms. The van der Waals surface area contributed by atoms with Gasteiger partial charge in [0.15, 0.2) is 0 Å². The number of allylic oxidation sites excluding steroid dienone is 3. The molecule has 0 radical (unpaired) electrons. The van der Waals surface area contributed by atoms with Gasteiger partial charge in [0.2, 0.25) is 0 Å². The Labute approximate surface area is 122 Å². The second kappa shape index (κ2) is 7.48. The van der Waals surface area contributed by atoms with E-state index in [1.807, 2.05) is 17.9 Å². The minimum absolute atomic E-state index is 0.155. The van der Waals surface area contributed by atoms with Gasteiger partial charge < -0.3 is 14.5 Å². The van der Waals surface area contributed by atoms with Crippen LogP contribution in [0.2, 0.25) is 0 Å². The zero-order valence-electron chi connectivity index (χ0n) is 12.7. The summed E-state index contributed by atoms with van der Waals surface area (Å²) in [5.74, 6) is 0. The molecule has 4 nitrogen and oxygen atoms in total. The van der Waals surface area contributed by atoms with E-state index in [1.54, 1.807) is 0 Å². The lowest BCUT2D eigenvalue weighted by molar-refractivity contribution is 0.0761. The maximum absolute atomic E-state index is 12.2. The van der Waals surface area contributed by atoms with E-state index in [1.165, 1.54) is 5.57 Å². The number of piperidine rings is 1. The van der Waals surface area contributed by atoms with E-state index < -0.39 is 0 Å². The highest BCUT2D eigenvalue weighted by atomic mass is 16.6. The van der Waals surface area contributed by atoms with Gasteiger partial charge in [-0.05, 0) is 58.3 Å². The third-order valence-electron chi connectivity index (χ3n) is 4.19.